The van der Waals surface area contributed by atoms with E-state index in [0.29, 0.717) is 16.8 Å². The zero-order chi connectivity index (χ0) is 12.7. The molecule has 2 N–H and O–H groups in total. The number of hydrogen-bond donors (Lipinski definition) is 1. The Morgan fingerprint density at radius 3 is 3.11 bits per heavy atom. The molecule has 0 spiro atoms. The van der Waals surface area contributed by atoms with Gasteiger partial charge in [0.15, 0.2) is 5.15 Å². The Labute approximate surface area is 111 Å². The van der Waals surface area contributed by atoms with Crippen molar-refractivity contribution < 1.29 is 0 Å². The Kier molecular flexibility index (Phi) is 2.92. The van der Waals surface area contributed by atoms with Gasteiger partial charge in [-0.3, -0.25) is 0 Å². The molecule has 0 saturated carbocycles. The number of likely N-dealkylation sites (tertiary alicyclic amines) is 1. The van der Waals surface area contributed by atoms with Crippen LogP contribution in [0, 0.1) is 0 Å². The third-order valence-electron chi connectivity index (χ3n) is 3.76. The van der Waals surface area contributed by atoms with Crippen molar-refractivity contribution in [2.24, 2.45) is 0 Å². The third-order valence-corrected chi connectivity index (χ3v) is 4.03. The standard InChI is InChI=1S/C13H17ClN4/c1-2-17-7-5-9(8-17)13-16-12(14)11-10(15)4-3-6-18(11)13/h3-4,6,9H,2,5,7-8,15H2,1H3. The van der Waals surface area contributed by atoms with Gasteiger partial charge in [0.1, 0.15) is 11.3 Å². The average Bonchev–Trinajstić information content (AvgIpc) is 2.94. The number of hydrogen-bond acceptors (Lipinski definition) is 3. The summed E-state index contributed by atoms with van der Waals surface area (Å²) in [6.07, 6.45) is 3.13. The molecule has 3 rings (SSSR count). The molecule has 1 aliphatic heterocycles. The summed E-state index contributed by atoms with van der Waals surface area (Å²) in [6.45, 7) is 5.48. The SMILES string of the molecule is CCN1CCC(c2nc(Cl)c3c(N)cccn23)C1. The van der Waals surface area contributed by atoms with Crippen molar-refractivity contribution >= 4 is 22.8 Å². The molecule has 2 aromatic rings. The lowest BCUT2D eigenvalue weighted by Crippen LogP contribution is -2.19. The summed E-state index contributed by atoms with van der Waals surface area (Å²) in [5, 5.41) is 0.512. The smallest absolute Gasteiger partial charge is 0.157 e. The number of halogens is 1. The molecule has 0 aromatic carbocycles. The predicted molar refractivity (Wildman–Crippen MR) is 74.1 cm³/mol. The first-order chi connectivity index (χ1) is 8.70. The van der Waals surface area contributed by atoms with Crippen molar-refractivity contribution in [3.63, 3.8) is 0 Å². The number of likely N-dealkylation sites (N-methyl/N-ethyl adjacent to an activating group) is 1. The van der Waals surface area contributed by atoms with E-state index < -0.39 is 0 Å². The highest BCUT2D eigenvalue weighted by Gasteiger charge is 2.27. The van der Waals surface area contributed by atoms with Gasteiger partial charge in [-0.1, -0.05) is 18.5 Å². The largest absolute Gasteiger partial charge is 0.397 e. The summed E-state index contributed by atoms with van der Waals surface area (Å²) < 4.78 is 2.04. The van der Waals surface area contributed by atoms with Crippen molar-refractivity contribution in [3.05, 3.63) is 29.3 Å². The molecule has 5 heteroatoms. The molecule has 1 unspecified atom stereocenters. The summed E-state index contributed by atoms with van der Waals surface area (Å²) in [6, 6.07) is 3.80. The van der Waals surface area contributed by atoms with Gasteiger partial charge in [-0.05, 0) is 31.6 Å². The van der Waals surface area contributed by atoms with Crippen molar-refractivity contribution in [2.45, 2.75) is 19.3 Å². The van der Waals surface area contributed by atoms with Crippen LogP contribution >= 0.6 is 11.6 Å². The van der Waals surface area contributed by atoms with E-state index in [-0.39, 0.29) is 0 Å². The zero-order valence-electron chi connectivity index (χ0n) is 10.4. The molecule has 2 aromatic heterocycles. The van der Waals surface area contributed by atoms with Gasteiger partial charge in [0.05, 0.1) is 5.69 Å². The molecule has 1 aliphatic rings. The second-order valence-electron chi connectivity index (χ2n) is 4.82. The van der Waals surface area contributed by atoms with E-state index in [1.807, 2.05) is 22.7 Å². The summed E-state index contributed by atoms with van der Waals surface area (Å²) >= 11 is 6.21. The van der Waals surface area contributed by atoms with Crippen LogP contribution in [0.3, 0.4) is 0 Å². The van der Waals surface area contributed by atoms with Crippen LogP contribution in [0.4, 0.5) is 5.69 Å². The van der Waals surface area contributed by atoms with E-state index in [2.05, 4.69) is 16.8 Å². The lowest BCUT2D eigenvalue weighted by Gasteiger charge is -2.12. The van der Waals surface area contributed by atoms with E-state index in [9.17, 15) is 0 Å². The normalized spacial score (nSPS) is 20.9. The van der Waals surface area contributed by atoms with E-state index in [1.165, 1.54) is 0 Å². The molecule has 3 heterocycles. The van der Waals surface area contributed by atoms with Crippen molar-refractivity contribution in [3.8, 4) is 0 Å². The van der Waals surface area contributed by atoms with Gasteiger partial charge in [-0.25, -0.2) is 4.98 Å². The summed E-state index contributed by atoms with van der Waals surface area (Å²) in [5.74, 6) is 1.49. The van der Waals surface area contributed by atoms with Gasteiger partial charge < -0.3 is 15.0 Å². The van der Waals surface area contributed by atoms with Crippen molar-refractivity contribution in [1.82, 2.24) is 14.3 Å². The zero-order valence-corrected chi connectivity index (χ0v) is 11.2. The molecule has 1 saturated heterocycles. The monoisotopic (exact) mass is 264 g/mol. The number of aromatic nitrogens is 2. The maximum Gasteiger partial charge on any atom is 0.157 e. The minimum Gasteiger partial charge on any atom is -0.397 e. The molecule has 0 aliphatic carbocycles. The summed E-state index contributed by atoms with van der Waals surface area (Å²) in [4.78, 5) is 6.96. The molecule has 4 nitrogen and oxygen atoms in total. The minimum absolute atomic E-state index is 0.451. The van der Waals surface area contributed by atoms with Gasteiger partial charge in [0.2, 0.25) is 0 Å². The van der Waals surface area contributed by atoms with Crippen LogP contribution in [0.2, 0.25) is 5.15 Å². The van der Waals surface area contributed by atoms with Crippen LogP contribution in [0.5, 0.6) is 0 Å². The number of nitrogens with zero attached hydrogens (tertiary/aromatic N) is 3. The van der Waals surface area contributed by atoms with Crippen LogP contribution in [0.25, 0.3) is 5.52 Å². The van der Waals surface area contributed by atoms with Crippen molar-refractivity contribution in [1.29, 1.82) is 0 Å². The van der Waals surface area contributed by atoms with Gasteiger partial charge in [-0.15, -0.1) is 0 Å². The number of nitrogens with two attached hydrogens (primary N) is 1. The second kappa shape index (κ2) is 4.44. The number of anilines is 1. The van der Waals surface area contributed by atoms with E-state index in [4.69, 9.17) is 17.3 Å². The second-order valence-corrected chi connectivity index (χ2v) is 5.18. The maximum absolute atomic E-state index is 6.21. The van der Waals surface area contributed by atoms with E-state index >= 15 is 0 Å². The summed E-state index contributed by atoms with van der Waals surface area (Å²) in [5.41, 5.74) is 7.49. The van der Waals surface area contributed by atoms with Gasteiger partial charge in [0, 0.05) is 18.7 Å². The molecular weight excluding hydrogens is 248 g/mol. The highest BCUT2D eigenvalue weighted by atomic mass is 35.5. The molecule has 96 valence electrons. The molecule has 0 amide bonds. The Hall–Kier alpha value is -1.26. The maximum atomic E-state index is 6.21. The van der Waals surface area contributed by atoms with Crippen LogP contribution in [0.15, 0.2) is 18.3 Å². The Balaban J connectivity index is 2.06. The topological polar surface area (TPSA) is 46.6 Å². The number of rotatable bonds is 2. The van der Waals surface area contributed by atoms with Gasteiger partial charge >= 0.3 is 0 Å². The van der Waals surface area contributed by atoms with Gasteiger partial charge in [0.25, 0.3) is 0 Å². The molecule has 18 heavy (non-hydrogen) atoms. The first-order valence-corrected chi connectivity index (χ1v) is 6.72. The van der Waals surface area contributed by atoms with E-state index in [1.54, 1.807) is 0 Å². The Morgan fingerprint density at radius 1 is 1.56 bits per heavy atom. The summed E-state index contributed by atoms with van der Waals surface area (Å²) in [7, 11) is 0. The molecule has 1 fully saturated rings. The molecule has 0 bridgehead atoms. The lowest BCUT2D eigenvalue weighted by molar-refractivity contribution is 0.352. The van der Waals surface area contributed by atoms with Crippen molar-refractivity contribution in [2.75, 3.05) is 25.4 Å². The highest BCUT2D eigenvalue weighted by molar-refractivity contribution is 6.33. The Morgan fingerprint density at radius 2 is 2.39 bits per heavy atom. The number of imidazole rings is 1. The third kappa shape index (κ3) is 1.76. The fraction of sp³-hybridized carbons (Fsp3) is 0.462. The molecule has 0 radical (unpaired) electrons. The predicted octanol–water partition coefficient (Wildman–Crippen LogP) is 2.38. The molecule has 1 atom stereocenters. The fourth-order valence-corrected chi connectivity index (χ4v) is 3.05. The average molecular weight is 265 g/mol. The highest BCUT2D eigenvalue weighted by Crippen LogP contribution is 2.31. The van der Waals surface area contributed by atoms with Crippen LogP contribution in [-0.2, 0) is 0 Å². The Bertz CT molecular complexity index is 578. The minimum atomic E-state index is 0.451. The fourth-order valence-electron chi connectivity index (χ4n) is 2.76. The van der Waals surface area contributed by atoms with Crippen LogP contribution < -0.4 is 5.73 Å². The number of nitrogen functional groups attached to an aromatic ring is 1. The first-order valence-electron chi connectivity index (χ1n) is 6.35. The number of fused-ring (bicyclic) bond motifs is 1. The number of pyridine rings is 1. The van der Waals surface area contributed by atoms with Crippen LogP contribution in [0.1, 0.15) is 25.1 Å². The van der Waals surface area contributed by atoms with E-state index in [0.717, 1.165) is 37.4 Å². The first kappa shape index (κ1) is 11.8. The lowest BCUT2D eigenvalue weighted by atomic mass is 10.1. The van der Waals surface area contributed by atoms with Crippen LogP contribution in [-0.4, -0.2) is 33.9 Å². The quantitative estimate of drug-likeness (QED) is 0.906. The van der Waals surface area contributed by atoms with Gasteiger partial charge in [-0.2, -0.15) is 0 Å². The molecular formula is C13H17ClN4.